The Morgan fingerprint density at radius 1 is 1.52 bits per heavy atom. The summed E-state index contributed by atoms with van der Waals surface area (Å²) in [5.74, 6) is 0.141. The fourth-order valence-corrected chi connectivity index (χ4v) is 4.83. The van der Waals surface area contributed by atoms with E-state index >= 15 is 0 Å². The van der Waals surface area contributed by atoms with Crippen molar-refractivity contribution < 1.29 is 12.8 Å². The summed E-state index contributed by atoms with van der Waals surface area (Å²) < 4.78 is 36.7. The van der Waals surface area contributed by atoms with Crippen LogP contribution in [0.2, 0.25) is 5.02 Å². The van der Waals surface area contributed by atoms with Crippen LogP contribution < -0.4 is 5.32 Å². The number of nitrogens with zero attached hydrogens (tertiary/aromatic N) is 1. The van der Waals surface area contributed by atoms with E-state index in [2.05, 4.69) is 5.32 Å². The van der Waals surface area contributed by atoms with Gasteiger partial charge in [0.2, 0.25) is 0 Å². The van der Waals surface area contributed by atoms with E-state index in [0.717, 1.165) is 0 Å². The SMILES string of the molecule is CC(C)CN(C(=S)Nc1ccc(F)c(Cl)c1)[C@@H]1CCS(=O)(=O)C1. The molecule has 0 aromatic heterocycles. The van der Waals surface area contributed by atoms with E-state index in [4.69, 9.17) is 23.8 Å². The highest BCUT2D eigenvalue weighted by molar-refractivity contribution is 7.91. The van der Waals surface area contributed by atoms with Crippen LogP contribution >= 0.6 is 23.8 Å². The Balaban J connectivity index is 2.14. The third kappa shape index (κ3) is 5.02. The van der Waals surface area contributed by atoms with Gasteiger partial charge in [-0.1, -0.05) is 25.4 Å². The third-order valence-corrected chi connectivity index (χ3v) is 6.02. The van der Waals surface area contributed by atoms with Crippen LogP contribution in [0.25, 0.3) is 0 Å². The van der Waals surface area contributed by atoms with Crippen molar-refractivity contribution in [1.29, 1.82) is 0 Å². The van der Waals surface area contributed by atoms with Crippen molar-refractivity contribution in [1.82, 2.24) is 4.90 Å². The van der Waals surface area contributed by atoms with Gasteiger partial charge in [0.15, 0.2) is 14.9 Å². The highest BCUT2D eigenvalue weighted by atomic mass is 35.5. The van der Waals surface area contributed by atoms with Crippen LogP contribution in [0.1, 0.15) is 20.3 Å². The van der Waals surface area contributed by atoms with Gasteiger partial charge in [-0.3, -0.25) is 0 Å². The van der Waals surface area contributed by atoms with Crippen molar-refractivity contribution in [3.8, 4) is 0 Å². The molecule has 1 fully saturated rings. The van der Waals surface area contributed by atoms with E-state index in [1.54, 1.807) is 6.07 Å². The molecule has 0 spiro atoms. The van der Waals surface area contributed by atoms with Crippen LogP contribution in [0.4, 0.5) is 10.1 Å². The number of benzene rings is 1. The maximum Gasteiger partial charge on any atom is 0.173 e. The van der Waals surface area contributed by atoms with Gasteiger partial charge in [0.05, 0.1) is 16.5 Å². The highest BCUT2D eigenvalue weighted by Gasteiger charge is 2.33. The van der Waals surface area contributed by atoms with Crippen LogP contribution in [0.3, 0.4) is 0 Å². The summed E-state index contributed by atoms with van der Waals surface area (Å²) in [7, 11) is -2.99. The lowest BCUT2D eigenvalue weighted by molar-refractivity contribution is 0.303. The molecule has 1 atom stereocenters. The second kappa shape index (κ2) is 7.32. The summed E-state index contributed by atoms with van der Waals surface area (Å²) in [6.07, 6.45) is 0.570. The summed E-state index contributed by atoms with van der Waals surface area (Å²) >= 11 is 11.2. The Hall–Kier alpha value is -0.920. The molecule has 1 aliphatic rings. The number of thiocarbonyl (C=S) groups is 1. The quantitative estimate of drug-likeness (QED) is 0.814. The second-order valence-electron chi connectivity index (χ2n) is 6.16. The Kier molecular flexibility index (Phi) is 5.86. The first-order chi connectivity index (χ1) is 10.7. The number of rotatable bonds is 4. The topological polar surface area (TPSA) is 49.4 Å². The highest BCUT2D eigenvalue weighted by Crippen LogP contribution is 2.23. The van der Waals surface area contributed by atoms with Gasteiger partial charge in [-0.2, -0.15) is 0 Å². The third-order valence-electron chi connectivity index (χ3n) is 3.64. The van der Waals surface area contributed by atoms with Gasteiger partial charge in [-0.05, 0) is 42.8 Å². The summed E-state index contributed by atoms with van der Waals surface area (Å²) in [6.45, 7) is 4.75. The van der Waals surface area contributed by atoms with Crippen LogP contribution in [0, 0.1) is 11.7 Å². The second-order valence-corrected chi connectivity index (χ2v) is 9.18. The van der Waals surface area contributed by atoms with Crippen LogP contribution in [0.5, 0.6) is 0 Å². The molecule has 0 unspecified atom stereocenters. The van der Waals surface area contributed by atoms with E-state index < -0.39 is 15.7 Å². The molecule has 1 N–H and O–H groups in total. The van der Waals surface area contributed by atoms with Gasteiger partial charge in [0.1, 0.15) is 5.82 Å². The number of anilines is 1. The predicted octanol–water partition coefficient (Wildman–Crippen LogP) is 3.32. The van der Waals surface area contributed by atoms with E-state index in [0.29, 0.717) is 29.7 Å². The van der Waals surface area contributed by atoms with E-state index in [-0.39, 0.29) is 22.6 Å². The first kappa shape index (κ1) is 18.4. The molecule has 8 heteroatoms. The maximum absolute atomic E-state index is 13.2. The van der Waals surface area contributed by atoms with Gasteiger partial charge in [-0.25, -0.2) is 12.8 Å². The minimum atomic E-state index is -2.99. The van der Waals surface area contributed by atoms with E-state index in [9.17, 15) is 12.8 Å². The van der Waals surface area contributed by atoms with Gasteiger partial charge in [-0.15, -0.1) is 0 Å². The van der Waals surface area contributed by atoms with Crippen LogP contribution in [-0.2, 0) is 9.84 Å². The normalized spacial score (nSPS) is 19.8. The molecule has 4 nitrogen and oxygen atoms in total. The zero-order valence-electron chi connectivity index (χ0n) is 13.1. The lowest BCUT2D eigenvalue weighted by Gasteiger charge is -2.32. The van der Waals surface area contributed by atoms with E-state index in [1.807, 2.05) is 18.7 Å². The molecule has 1 saturated heterocycles. The zero-order chi connectivity index (χ0) is 17.2. The monoisotopic (exact) mass is 378 g/mol. The predicted molar refractivity (Wildman–Crippen MR) is 96.2 cm³/mol. The molecule has 23 heavy (non-hydrogen) atoms. The van der Waals surface area contributed by atoms with Gasteiger partial charge >= 0.3 is 0 Å². The Labute approximate surface area is 146 Å². The molecule has 1 aromatic carbocycles. The van der Waals surface area contributed by atoms with E-state index in [1.165, 1.54) is 12.1 Å². The number of nitrogens with one attached hydrogen (secondary N) is 1. The van der Waals surface area contributed by atoms with Crippen LogP contribution in [0.15, 0.2) is 18.2 Å². The minimum Gasteiger partial charge on any atom is -0.345 e. The molecule has 1 heterocycles. The molecule has 0 saturated carbocycles. The Bertz CT molecular complexity index is 695. The lowest BCUT2D eigenvalue weighted by atomic mass is 10.1. The molecule has 0 amide bonds. The fourth-order valence-electron chi connectivity index (χ4n) is 2.58. The molecule has 1 aliphatic heterocycles. The first-order valence-corrected chi connectivity index (χ1v) is 10.0. The minimum absolute atomic E-state index is 0.0108. The molecule has 0 aliphatic carbocycles. The number of hydrogen-bond donors (Lipinski definition) is 1. The molecular formula is C15H20ClFN2O2S2. The summed E-state index contributed by atoms with van der Waals surface area (Å²) in [6, 6.07) is 4.15. The molecular weight excluding hydrogens is 359 g/mol. The summed E-state index contributed by atoms with van der Waals surface area (Å²) in [4.78, 5) is 1.92. The molecule has 1 aromatic rings. The lowest BCUT2D eigenvalue weighted by Crippen LogP contribution is -2.45. The van der Waals surface area contributed by atoms with Crippen molar-refractivity contribution in [2.75, 3.05) is 23.4 Å². The van der Waals surface area contributed by atoms with Crippen molar-refractivity contribution in [2.45, 2.75) is 26.3 Å². The molecule has 2 rings (SSSR count). The fraction of sp³-hybridized carbons (Fsp3) is 0.533. The van der Waals surface area contributed by atoms with Crippen molar-refractivity contribution >= 4 is 44.5 Å². The summed E-state index contributed by atoms with van der Waals surface area (Å²) in [5, 5.41) is 3.48. The number of hydrogen-bond acceptors (Lipinski definition) is 3. The zero-order valence-corrected chi connectivity index (χ0v) is 15.4. The Morgan fingerprint density at radius 2 is 2.22 bits per heavy atom. The van der Waals surface area contributed by atoms with Gasteiger partial charge < -0.3 is 10.2 Å². The number of sulfone groups is 1. The first-order valence-electron chi connectivity index (χ1n) is 7.41. The summed E-state index contributed by atoms with van der Waals surface area (Å²) in [5.41, 5.74) is 0.580. The average molecular weight is 379 g/mol. The van der Waals surface area contributed by atoms with Gasteiger partial charge in [0, 0.05) is 18.3 Å². The molecule has 128 valence electrons. The number of halogens is 2. The van der Waals surface area contributed by atoms with Gasteiger partial charge in [0.25, 0.3) is 0 Å². The van der Waals surface area contributed by atoms with Crippen LogP contribution in [-0.4, -0.2) is 42.5 Å². The average Bonchev–Trinajstić information content (AvgIpc) is 2.80. The standard InChI is InChI=1S/C15H20ClFN2O2S2/c1-10(2)8-19(12-5-6-23(20,21)9-12)15(22)18-11-3-4-14(17)13(16)7-11/h3-4,7,10,12H,5-6,8-9H2,1-2H3,(H,18,22)/t12-/m1/s1. The maximum atomic E-state index is 13.2. The molecule has 0 radical (unpaired) electrons. The Morgan fingerprint density at radius 3 is 2.74 bits per heavy atom. The van der Waals surface area contributed by atoms with Crippen molar-refractivity contribution in [3.05, 3.63) is 29.0 Å². The molecule has 0 bridgehead atoms. The largest absolute Gasteiger partial charge is 0.345 e. The smallest absolute Gasteiger partial charge is 0.173 e. The van der Waals surface area contributed by atoms with Crippen molar-refractivity contribution in [2.24, 2.45) is 5.92 Å². The van der Waals surface area contributed by atoms with Crippen molar-refractivity contribution in [3.63, 3.8) is 0 Å².